The summed E-state index contributed by atoms with van der Waals surface area (Å²) in [5, 5.41) is 13.9. The third-order valence-electron chi connectivity index (χ3n) is 3.05. The van der Waals surface area contributed by atoms with E-state index in [1.165, 1.54) is 38.1 Å². The second-order valence-corrected chi connectivity index (χ2v) is 6.39. The number of hydrogen-bond acceptors (Lipinski definition) is 5. The SMILES string of the molecule is COc1ccc(S(N)(=O)=O)cc1C(=O)N(C)CC(C)C(=O)O. The number of nitrogens with two attached hydrogens (primary N) is 1. The van der Waals surface area contributed by atoms with Gasteiger partial charge in [-0.05, 0) is 18.2 Å². The number of carboxylic acid groups (broad SMARTS) is 1. The van der Waals surface area contributed by atoms with Crippen LogP contribution in [-0.2, 0) is 14.8 Å². The van der Waals surface area contributed by atoms with Gasteiger partial charge in [0, 0.05) is 13.6 Å². The number of sulfonamides is 1. The molecule has 0 saturated carbocycles. The van der Waals surface area contributed by atoms with Crippen molar-refractivity contribution in [3.63, 3.8) is 0 Å². The highest BCUT2D eigenvalue weighted by molar-refractivity contribution is 7.89. The highest BCUT2D eigenvalue weighted by Gasteiger charge is 2.23. The molecule has 0 aliphatic carbocycles. The Morgan fingerprint density at radius 1 is 1.41 bits per heavy atom. The van der Waals surface area contributed by atoms with Crippen LogP contribution in [0.25, 0.3) is 0 Å². The fraction of sp³-hybridized carbons (Fsp3) is 0.385. The van der Waals surface area contributed by atoms with Crippen molar-refractivity contribution in [3.05, 3.63) is 23.8 Å². The van der Waals surface area contributed by atoms with Crippen LogP contribution in [0.4, 0.5) is 0 Å². The lowest BCUT2D eigenvalue weighted by Crippen LogP contribution is -2.34. The number of benzene rings is 1. The summed E-state index contributed by atoms with van der Waals surface area (Å²) in [5.41, 5.74) is -0.00545. The molecule has 0 saturated heterocycles. The van der Waals surface area contributed by atoms with Gasteiger partial charge < -0.3 is 14.7 Å². The molecule has 22 heavy (non-hydrogen) atoms. The molecule has 1 amide bonds. The van der Waals surface area contributed by atoms with Crippen LogP contribution in [0.5, 0.6) is 5.75 Å². The van der Waals surface area contributed by atoms with E-state index in [2.05, 4.69) is 0 Å². The number of nitrogens with zero attached hydrogens (tertiary/aromatic N) is 1. The Morgan fingerprint density at radius 3 is 2.45 bits per heavy atom. The standard InChI is InChI=1S/C13H18N2O6S/c1-8(13(17)18)7-15(2)12(16)10-6-9(22(14,19)20)4-5-11(10)21-3/h4-6,8H,7H2,1-3H3,(H,17,18)(H2,14,19,20). The van der Waals surface area contributed by atoms with Gasteiger partial charge in [-0.3, -0.25) is 9.59 Å². The van der Waals surface area contributed by atoms with Crippen molar-refractivity contribution in [2.45, 2.75) is 11.8 Å². The first kappa shape index (κ1) is 17.9. The first-order chi connectivity index (χ1) is 10.1. The Hall–Kier alpha value is -2.13. The molecule has 0 bridgehead atoms. The van der Waals surface area contributed by atoms with Gasteiger partial charge in [0.05, 0.1) is 23.5 Å². The first-order valence-corrected chi connectivity index (χ1v) is 7.81. The predicted molar refractivity (Wildman–Crippen MR) is 78.1 cm³/mol. The molecule has 1 aromatic carbocycles. The van der Waals surface area contributed by atoms with E-state index in [-0.39, 0.29) is 22.8 Å². The molecule has 0 aromatic heterocycles. The zero-order valence-electron chi connectivity index (χ0n) is 12.4. The minimum Gasteiger partial charge on any atom is -0.496 e. The van der Waals surface area contributed by atoms with Crippen molar-refractivity contribution in [2.24, 2.45) is 11.1 Å². The molecule has 9 heteroatoms. The molecule has 0 radical (unpaired) electrons. The molecule has 1 aromatic rings. The van der Waals surface area contributed by atoms with Crippen LogP contribution >= 0.6 is 0 Å². The fourth-order valence-corrected chi connectivity index (χ4v) is 2.35. The summed E-state index contributed by atoms with van der Waals surface area (Å²) in [6, 6.07) is 3.66. The Morgan fingerprint density at radius 2 is 2.00 bits per heavy atom. The van der Waals surface area contributed by atoms with Crippen LogP contribution in [0.2, 0.25) is 0 Å². The van der Waals surface area contributed by atoms with Gasteiger partial charge in [-0.1, -0.05) is 6.92 Å². The molecular formula is C13H18N2O6S. The normalized spacial score (nSPS) is 12.5. The number of aliphatic carboxylic acids is 1. The molecule has 122 valence electrons. The number of methoxy groups -OCH3 is 1. The fourth-order valence-electron chi connectivity index (χ4n) is 1.81. The molecule has 0 fully saturated rings. The van der Waals surface area contributed by atoms with Crippen LogP contribution in [0, 0.1) is 5.92 Å². The van der Waals surface area contributed by atoms with Gasteiger partial charge in [0.1, 0.15) is 5.75 Å². The Bertz CT molecular complexity index is 686. The van der Waals surface area contributed by atoms with E-state index >= 15 is 0 Å². The van der Waals surface area contributed by atoms with E-state index < -0.39 is 27.8 Å². The number of amides is 1. The minimum atomic E-state index is -3.97. The van der Waals surface area contributed by atoms with Crippen molar-refractivity contribution < 1.29 is 27.9 Å². The maximum absolute atomic E-state index is 12.4. The zero-order valence-corrected chi connectivity index (χ0v) is 13.3. The van der Waals surface area contributed by atoms with Crippen molar-refractivity contribution in [3.8, 4) is 5.75 Å². The quantitative estimate of drug-likeness (QED) is 0.763. The highest BCUT2D eigenvalue weighted by Crippen LogP contribution is 2.23. The van der Waals surface area contributed by atoms with Crippen LogP contribution in [-0.4, -0.2) is 51.0 Å². The van der Waals surface area contributed by atoms with Gasteiger partial charge in [0.15, 0.2) is 0 Å². The molecule has 1 rings (SSSR count). The molecule has 0 heterocycles. The maximum Gasteiger partial charge on any atom is 0.308 e. The van der Waals surface area contributed by atoms with E-state index in [9.17, 15) is 18.0 Å². The van der Waals surface area contributed by atoms with Gasteiger partial charge in [0.2, 0.25) is 10.0 Å². The van der Waals surface area contributed by atoms with Crippen LogP contribution < -0.4 is 9.88 Å². The lowest BCUT2D eigenvalue weighted by Gasteiger charge is -2.21. The molecule has 1 unspecified atom stereocenters. The third-order valence-corrected chi connectivity index (χ3v) is 3.96. The topological polar surface area (TPSA) is 127 Å². The average Bonchev–Trinajstić information content (AvgIpc) is 2.44. The maximum atomic E-state index is 12.4. The number of carboxylic acids is 1. The highest BCUT2D eigenvalue weighted by atomic mass is 32.2. The van der Waals surface area contributed by atoms with Crippen LogP contribution in [0.15, 0.2) is 23.1 Å². The minimum absolute atomic E-state index is 0.00545. The molecule has 3 N–H and O–H groups in total. The number of carbonyl (C=O) groups is 2. The summed E-state index contributed by atoms with van der Waals surface area (Å²) >= 11 is 0. The molecule has 0 aliphatic heterocycles. The van der Waals surface area contributed by atoms with Crippen molar-refractivity contribution >= 4 is 21.9 Å². The molecule has 0 spiro atoms. The smallest absolute Gasteiger partial charge is 0.308 e. The number of primary sulfonamides is 1. The summed E-state index contributed by atoms with van der Waals surface area (Å²) in [4.78, 5) is 24.2. The van der Waals surface area contributed by atoms with Gasteiger partial charge in [-0.15, -0.1) is 0 Å². The Balaban J connectivity index is 3.18. The Kier molecular flexibility index (Phi) is 5.50. The second kappa shape index (κ2) is 6.75. The summed E-state index contributed by atoms with van der Waals surface area (Å²) in [6.45, 7) is 1.43. The van der Waals surface area contributed by atoms with E-state index in [1.807, 2.05) is 0 Å². The van der Waals surface area contributed by atoms with Crippen molar-refractivity contribution in [1.82, 2.24) is 4.90 Å². The van der Waals surface area contributed by atoms with E-state index in [0.29, 0.717) is 0 Å². The molecule has 8 nitrogen and oxygen atoms in total. The second-order valence-electron chi connectivity index (χ2n) is 4.83. The number of rotatable bonds is 6. The summed E-state index contributed by atoms with van der Waals surface area (Å²) in [7, 11) is -1.21. The summed E-state index contributed by atoms with van der Waals surface area (Å²) in [6.07, 6.45) is 0. The van der Waals surface area contributed by atoms with Crippen molar-refractivity contribution in [2.75, 3.05) is 20.7 Å². The molecule has 1 atom stereocenters. The van der Waals surface area contributed by atoms with Gasteiger partial charge >= 0.3 is 5.97 Å². The monoisotopic (exact) mass is 330 g/mol. The van der Waals surface area contributed by atoms with E-state index in [1.54, 1.807) is 0 Å². The number of ether oxygens (including phenoxy) is 1. The zero-order chi connectivity index (χ0) is 17.1. The molecule has 0 aliphatic rings. The lowest BCUT2D eigenvalue weighted by atomic mass is 10.1. The van der Waals surface area contributed by atoms with Gasteiger partial charge in [0.25, 0.3) is 5.91 Å². The lowest BCUT2D eigenvalue weighted by molar-refractivity contribution is -0.141. The van der Waals surface area contributed by atoms with Gasteiger partial charge in [-0.25, -0.2) is 13.6 Å². The Labute approximate surface area is 128 Å². The van der Waals surface area contributed by atoms with Gasteiger partial charge in [-0.2, -0.15) is 0 Å². The third kappa shape index (κ3) is 4.18. The molecular weight excluding hydrogens is 312 g/mol. The summed E-state index contributed by atoms with van der Waals surface area (Å²) in [5.74, 6) is -2.19. The average molecular weight is 330 g/mol. The number of carbonyl (C=O) groups excluding carboxylic acids is 1. The first-order valence-electron chi connectivity index (χ1n) is 6.27. The van der Waals surface area contributed by atoms with Crippen molar-refractivity contribution in [1.29, 1.82) is 0 Å². The summed E-state index contributed by atoms with van der Waals surface area (Å²) < 4.78 is 27.8. The van der Waals surface area contributed by atoms with E-state index in [0.717, 1.165) is 6.07 Å². The van der Waals surface area contributed by atoms with Crippen LogP contribution in [0.1, 0.15) is 17.3 Å². The van der Waals surface area contributed by atoms with E-state index in [4.69, 9.17) is 15.0 Å². The number of hydrogen-bond donors (Lipinski definition) is 2. The largest absolute Gasteiger partial charge is 0.496 e. The predicted octanol–water partition coefficient (Wildman–Crippen LogP) is 0.135. The van der Waals surface area contributed by atoms with Crippen LogP contribution in [0.3, 0.4) is 0 Å².